The molecule has 0 bridgehead atoms. The molecular formula is C21H34N2O4. The van der Waals surface area contributed by atoms with E-state index in [1.165, 1.54) is 0 Å². The third-order valence-electron chi connectivity index (χ3n) is 4.83. The van der Waals surface area contributed by atoms with E-state index < -0.39 is 5.60 Å². The molecule has 0 aromatic heterocycles. The first-order valence-electron chi connectivity index (χ1n) is 9.82. The second-order valence-corrected chi connectivity index (χ2v) is 7.67. The molecule has 6 nitrogen and oxygen atoms in total. The van der Waals surface area contributed by atoms with Crippen LogP contribution in [0.1, 0.15) is 33.6 Å². The van der Waals surface area contributed by atoms with Crippen LogP contribution >= 0.6 is 0 Å². The molecule has 0 unspecified atom stereocenters. The van der Waals surface area contributed by atoms with E-state index >= 15 is 0 Å². The number of morpholine rings is 1. The van der Waals surface area contributed by atoms with Crippen LogP contribution in [-0.2, 0) is 14.3 Å². The largest absolute Gasteiger partial charge is 0.494 e. The fraction of sp³-hybridized carbons (Fsp3) is 0.667. The molecule has 1 heterocycles. The summed E-state index contributed by atoms with van der Waals surface area (Å²) in [5, 5.41) is 2.94. The summed E-state index contributed by atoms with van der Waals surface area (Å²) in [7, 11) is 1.58. The number of rotatable bonds is 10. The molecule has 152 valence electrons. The van der Waals surface area contributed by atoms with Crippen LogP contribution in [0.2, 0.25) is 0 Å². The molecule has 1 saturated heterocycles. The van der Waals surface area contributed by atoms with E-state index in [1.807, 2.05) is 31.2 Å². The lowest BCUT2D eigenvalue weighted by molar-refractivity contribution is -0.137. The maximum absolute atomic E-state index is 12.6. The van der Waals surface area contributed by atoms with Crippen LogP contribution in [-0.4, -0.2) is 63.0 Å². The highest BCUT2D eigenvalue weighted by Crippen LogP contribution is 2.23. The quantitative estimate of drug-likeness (QED) is 0.634. The van der Waals surface area contributed by atoms with E-state index in [9.17, 15) is 4.79 Å². The minimum atomic E-state index is -0.831. The topological polar surface area (TPSA) is 60.0 Å². The summed E-state index contributed by atoms with van der Waals surface area (Å²) in [6.07, 6.45) is 1.65. The number of carbonyl (C=O) groups excluding carboxylic acids is 1. The summed E-state index contributed by atoms with van der Waals surface area (Å²) in [5.41, 5.74) is -0.0873. The Labute approximate surface area is 163 Å². The number of hydrogen-bond acceptors (Lipinski definition) is 5. The number of ether oxygens (including phenoxy) is 3. The zero-order valence-corrected chi connectivity index (χ0v) is 17.1. The smallest absolute Gasteiger partial charge is 0.256 e. The Bertz CT molecular complexity index is 570. The van der Waals surface area contributed by atoms with Crippen molar-refractivity contribution in [2.24, 2.45) is 5.92 Å². The SMILES string of the molecule is CO[C@@](C)(CC(C)C)C(=O)Nc1ccc(OCCCN2CCOCC2)cc1. The number of anilines is 1. The van der Waals surface area contributed by atoms with Crippen molar-refractivity contribution in [1.29, 1.82) is 0 Å². The van der Waals surface area contributed by atoms with Crippen molar-refractivity contribution in [3.63, 3.8) is 0 Å². The van der Waals surface area contributed by atoms with E-state index in [0.29, 0.717) is 18.9 Å². The second kappa shape index (κ2) is 10.6. The summed E-state index contributed by atoms with van der Waals surface area (Å²) < 4.78 is 16.6. The fourth-order valence-corrected chi connectivity index (χ4v) is 3.25. The van der Waals surface area contributed by atoms with Gasteiger partial charge in [0.05, 0.1) is 19.8 Å². The van der Waals surface area contributed by atoms with Crippen molar-refractivity contribution >= 4 is 11.6 Å². The molecule has 0 saturated carbocycles. The first-order chi connectivity index (χ1) is 12.9. The lowest BCUT2D eigenvalue weighted by Crippen LogP contribution is -2.43. The van der Waals surface area contributed by atoms with Gasteiger partial charge in [-0.25, -0.2) is 0 Å². The third kappa shape index (κ3) is 7.13. The summed E-state index contributed by atoms with van der Waals surface area (Å²) in [5.74, 6) is 1.05. The summed E-state index contributed by atoms with van der Waals surface area (Å²) >= 11 is 0. The maximum Gasteiger partial charge on any atom is 0.256 e. The molecule has 0 aliphatic carbocycles. The highest BCUT2D eigenvalue weighted by Gasteiger charge is 2.33. The van der Waals surface area contributed by atoms with Crippen molar-refractivity contribution in [3.8, 4) is 5.75 Å². The van der Waals surface area contributed by atoms with Gasteiger partial charge >= 0.3 is 0 Å². The number of nitrogens with zero attached hydrogens (tertiary/aromatic N) is 1. The zero-order valence-electron chi connectivity index (χ0n) is 17.1. The fourth-order valence-electron chi connectivity index (χ4n) is 3.25. The molecular weight excluding hydrogens is 344 g/mol. The van der Waals surface area contributed by atoms with Gasteiger partial charge in [0.25, 0.3) is 5.91 Å². The first kappa shape index (κ1) is 21.7. The van der Waals surface area contributed by atoms with Gasteiger partial charge in [0, 0.05) is 32.4 Å². The molecule has 1 aliphatic rings. The number of nitrogens with one attached hydrogen (secondary N) is 1. The van der Waals surface area contributed by atoms with E-state index in [4.69, 9.17) is 14.2 Å². The number of amides is 1. The van der Waals surface area contributed by atoms with Gasteiger partial charge in [-0.05, 0) is 49.9 Å². The van der Waals surface area contributed by atoms with E-state index in [1.54, 1.807) is 7.11 Å². The zero-order chi connectivity index (χ0) is 19.7. The average Bonchev–Trinajstić information content (AvgIpc) is 2.66. The normalized spacial score (nSPS) is 17.5. The van der Waals surface area contributed by atoms with E-state index in [0.717, 1.165) is 50.7 Å². The Kier molecular flexibility index (Phi) is 8.54. The van der Waals surface area contributed by atoms with Crippen LogP contribution < -0.4 is 10.1 Å². The number of benzene rings is 1. The van der Waals surface area contributed by atoms with Crippen LogP contribution in [0.15, 0.2) is 24.3 Å². The number of hydrogen-bond donors (Lipinski definition) is 1. The van der Waals surface area contributed by atoms with Crippen LogP contribution in [0.4, 0.5) is 5.69 Å². The second-order valence-electron chi connectivity index (χ2n) is 7.67. The van der Waals surface area contributed by atoms with Gasteiger partial charge in [-0.2, -0.15) is 0 Å². The molecule has 1 fully saturated rings. The van der Waals surface area contributed by atoms with Crippen molar-refractivity contribution in [3.05, 3.63) is 24.3 Å². The van der Waals surface area contributed by atoms with Gasteiger partial charge in [-0.3, -0.25) is 9.69 Å². The van der Waals surface area contributed by atoms with Gasteiger partial charge < -0.3 is 19.5 Å². The Morgan fingerprint density at radius 1 is 1.26 bits per heavy atom. The third-order valence-corrected chi connectivity index (χ3v) is 4.83. The molecule has 2 rings (SSSR count). The minimum absolute atomic E-state index is 0.127. The summed E-state index contributed by atoms with van der Waals surface area (Å²) in [4.78, 5) is 15.0. The monoisotopic (exact) mass is 378 g/mol. The Morgan fingerprint density at radius 3 is 2.52 bits per heavy atom. The van der Waals surface area contributed by atoms with Crippen LogP contribution in [0.5, 0.6) is 5.75 Å². The van der Waals surface area contributed by atoms with Gasteiger partial charge in [-0.15, -0.1) is 0 Å². The standard InChI is InChI=1S/C21H34N2O4/c1-17(2)16-21(3,25-4)20(24)22-18-6-8-19(9-7-18)27-13-5-10-23-11-14-26-15-12-23/h6-9,17H,5,10-16H2,1-4H3,(H,22,24)/t21-/m0/s1. The van der Waals surface area contributed by atoms with Gasteiger partial charge in [0.1, 0.15) is 11.4 Å². The van der Waals surface area contributed by atoms with Gasteiger partial charge in [-0.1, -0.05) is 13.8 Å². The van der Waals surface area contributed by atoms with E-state index in [-0.39, 0.29) is 5.91 Å². The Morgan fingerprint density at radius 2 is 1.93 bits per heavy atom. The average molecular weight is 379 g/mol. The number of methoxy groups -OCH3 is 1. The molecule has 0 spiro atoms. The van der Waals surface area contributed by atoms with Gasteiger partial charge in [0.2, 0.25) is 0 Å². The van der Waals surface area contributed by atoms with Crippen LogP contribution in [0, 0.1) is 5.92 Å². The van der Waals surface area contributed by atoms with Crippen LogP contribution in [0.25, 0.3) is 0 Å². The first-order valence-corrected chi connectivity index (χ1v) is 9.82. The molecule has 1 N–H and O–H groups in total. The molecule has 27 heavy (non-hydrogen) atoms. The molecule has 1 amide bonds. The molecule has 1 aromatic rings. The lowest BCUT2D eigenvalue weighted by Gasteiger charge is -2.28. The molecule has 0 radical (unpaired) electrons. The van der Waals surface area contributed by atoms with Gasteiger partial charge in [0.15, 0.2) is 0 Å². The van der Waals surface area contributed by atoms with E-state index in [2.05, 4.69) is 24.1 Å². The molecule has 6 heteroatoms. The highest BCUT2D eigenvalue weighted by molar-refractivity contribution is 5.97. The Hall–Kier alpha value is -1.63. The predicted octanol–water partition coefficient (Wildman–Crippen LogP) is 3.18. The molecule has 1 atom stereocenters. The number of carbonyl (C=O) groups is 1. The predicted molar refractivity (Wildman–Crippen MR) is 107 cm³/mol. The van der Waals surface area contributed by atoms with Crippen molar-refractivity contribution in [2.75, 3.05) is 51.9 Å². The summed E-state index contributed by atoms with van der Waals surface area (Å²) in [6.45, 7) is 11.4. The maximum atomic E-state index is 12.6. The summed E-state index contributed by atoms with van der Waals surface area (Å²) in [6, 6.07) is 7.50. The highest BCUT2D eigenvalue weighted by atomic mass is 16.5. The lowest BCUT2D eigenvalue weighted by atomic mass is 9.93. The van der Waals surface area contributed by atoms with Crippen molar-refractivity contribution < 1.29 is 19.0 Å². The Balaban J connectivity index is 1.76. The van der Waals surface area contributed by atoms with Crippen molar-refractivity contribution in [2.45, 2.75) is 39.2 Å². The molecule has 1 aliphatic heterocycles. The van der Waals surface area contributed by atoms with Crippen LogP contribution in [0.3, 0.4) is 0 Å². The van der Waals surface area contributed by atoms with Crippen molar-refractivity contribution in [1.82, 2.24) is 4.90 Å². The minimum Gasteiger partial charge on any atom is -0.494 e. The molecule has 1 aromatic carbocycles.